The van der Waals surface area contributed by atoms with Crippen LogP contribution in [0.4, 0.5) is 10.5 Å². The van der Waals surface area contributed by atoms with Crippen molar-refractivity contribution in [1.82, 2.24) is 10.0 Å². The molecule has 1 saturated carbocycles. The fourth-order valence-electron chi connectivity index (χ4n) is 6.67. The van der Waals surface area contributed by atoms with E-state index in [2.05, 4.69) is 14.9 Å². The average Bonchev–Trinajstić information content (AvgIpc) is 3.07. The van der Waals surface area contributed by atoms with Gasteiger partial charge in [0.2, 0.25) is 10.0 Å². The maximum absolute atomic E-state index is 13.4. The van der Waals surface area contributed by atoms with Gasteiger partial charge >= 0.3 is 6.09 Å². The smallest absolute Gasteiger partial charge is 0.407 e. The number of anilines is 1. The van der Waals surface area contributed by atoms with Gasteiger partial charge in [-0.05, 0) is 112 Å². The summed E-state index contributed by atoms with van der Waals surface area (Å²) in [5.74, 6) is 0.272. The number of carbonyl (C=O) groups is 2. The highest BCUT2D eigenvalue weighted by molar-refractivity contribution is 7.90. The zero-order valence-electron chi connectivity index (χ0n) is 28.1. The van der Waals surface area contributed by atoms with E-state index in [1.54, 1.807) is 32.0 Å². The van der Waals surface area contributed by atoms with Gasteiger partial charge in [-0.1, -0.05) is 36.7 Å². The van der Waals surface area contributed by atoms with Gasteiger partial charge in [0.15, 0.2) is 0 Å². The molecule has 12 heteroatoms. The molecule has 2 aliphatic heterocycles. The second-order valence-corrected chi connectivity index (χ2v) is 15.6. The molecule has 5 atom stereocenters. The Morgan fingerprint density at radius 1 is 1.12 bits per heavy atom. The van der Waals surface area contributed by atoms with Crippen molar-refractivity contribution < 1.29 is 32.2 Å². The van der Waals surface area contributed by atoms with Crippen LogP contribution in [0, 0.1) is 17.8 Å². The molecule has 0 radical (unpaired) electrons. The first-order valence-electron chi connectivity index (χ1n) is 17.1. The fourth-order valence-corrected chi connectivity index (χ4v) is 8.15. The van der Waals surface area contributed by atoms with Crippen LogP contribution in [-0.4, -0.2) is 64.6 Å². The lowest BCUT2D eigenvalue weighted by Gasteiger charge is -2.44. The molecule has 2 aromatic rings. The normalized spacial score (nSPS) is 26.6. The Bertz CT molecular complexity index is 1580. The first-order valence-corrected chi connectivity index (χ1v) is 19.0. The Morgan fingerprint density at radius 2 is 1.96 bits per heavy atom. The van der Waals surface area contributed by atoms with Gasteiger partial charge in [-0.15, -0.1) is 0 Å². The lowest BCUT2D eigenvalue weighted by atomic mass is 9.70. The molecule has 2 bridgehead atoms. The highest BCUT2D eigenvalue weighted by Crippen LogP contribution is 2.42. The van der Waals surface area contributed by atoms with Crippen LogP contribution < -0.4 is 19.7 Å². The topological polar surface area (TPSA) is 123 Å². The standard InChI is InChI=1S/C36H48ClN3O7S/c1-4-45-36(42)38-17-19-46-33-10-7-8-24(2)25(3)48(43,44)39-35(41)27-13-16-34-32(21-27)40(22-28-12-15-31(28)33)18-6-5-9-26-20-30(37)14-11-29(26)23-47-34/h7,10-11,13-14,16,20-21,24-25,28,31,33H,4-6,8-9,12,15,17-19,22-23H2,1-3H3,(H,38,42)(H,39,41)/b10-7+/t24-,25+,28-,31+,33-/m0/s1. The van der Waals surface area contributed by atoms with Crippen molar-refractivity contribution in [3.63, 3.8) is 0 Å². The summed E-state index contributed by atoms with van der Waals surface area (Å²) in [6.07, 6.45) is 8.61. The number of halogens is 1. The molecule has 3 aliphatic rings. The summed E-state index contributed by atoms with van der Waals surface area (Å²) in [7, 11) is -3.96. The van der Waals surface area contributed by atoms with Crippen molar-refractivity contribution in [2.75, 3.05) is 37.7 Å². The van der Waals surface area contributed by atoms with Gasteiger partial charge in [-0.25, -0.2) is 17.9 Å². The highest BCUT2D eigenvalue weighted by atomic mass is 35.5. The van der Waals surface area contributed by atoms with E-state index in [0.717, 1.165) is 62.0 Å². The second-order valence-electron chi connectivity index (χ2n) is 13.1. The first-order chi connectivity index (χ1) is 23.1. The molecule has 2 N–H and O–H groups in total. The van der Waals surface area contributed by atoms with Crippen molar-refractivity contribution in [3.05, 3.63) is 70.3 Å². The van der Waals surface area contributed by atoms with E-state index in [1.165, 1.54) is 0 Å². The van der Waals surface area contributed by atoms with Crippen molar-refractivity contribution >= 4 is 39.3 Å². The van der Waals surface area contributed by atoms with E-state index in [0.29, 0.717) is 49.5 Å². The third-order valence-electron chi connectivity index (χ3n) is 9.91. The van der Waals surface area contributed by atoms with Crippen LogP contribution in [-0.2, 0) is 32.5 Å². The maximum atomic E-state index is 13.4. The van der Waals surface area contributed by atoms with E-state index in [-0.39, 0.29) is 23.5 Å². The summed E-state index contributed by atoms with van der Waals surface area (Å²) in [5, 5.41) is 2.61. The number of aryl methyl sites for hydroxylation is 1. The number of benzene rings is 2. The average molecular weight is 702 g/mol. The lowest BCUT2D eigenvalue weighted by molar-refractivity contribution is -0.0125. The second kappa shape index (κ2) is 16.4. The molecule has 1 aliphatic carbocycles. The molecule has 0 spiro atoms. The predicted octanol–water partition coefficient (Wildman–Crippen LogP) is 6.26. The minimum absolute atomic E-state index is 0.204. The van der Waals surface area contributed by atoms with Gasteiger partial charge in [-0.2, -0.15) is 0 Å². The number of hydrogen-bond acceptors (Lipinski definition) is 8. The van der Waals surface area contributed by atoms with E-state index in [1.807, 2.05) is 37.3 Å². The fraction of sp³-hybridized carbons (Fsp3) is 0.556. The molecule has 10 nitrogen and oxygen atoms in total. The van der Waals surface area contributed by atoms with Gasteiger partial charge in [0.05, 0.1) is 30.3 Å². The van der Waals surface area contributed by atoms with Gasteiger partial charge in [0.1, 0.15) is 12.4 Å². The largest absolute Gasteiger partial charge is 0.487 e. The highest BCUT2D eigenvalue weighted by Gasteiger charge is 2.38. The van der Waals surface area contributed by atoms with Crippen molar-refractivity contribution in [2.45, 2.75) is 77.3 Å². The van der Waals surface area contributed by atoms with Crippen LogP contribution in [0.1, 0.15) is 74.4 Å². The molecule has 0 saturated heterocycles. The van der Waals surface area contributed by atoms with Gasteiger partial charge in [0.25, 0.3) is 5.91 Å². The number of ether oxygens (including phenoxy) is 3. The quantitative estimate of drug-likeness (QED) is 0.277. The summed E-state index contributed by atoms with van der Waals surface area (Å²) < 4.78 is 46.8. The van der Waals surface area contributed by atoms with E-state index in [9.17, 15) is 18.0 Å². The van der Waals surface area contributed by atoms with Crippen LogP contribution in [0.15, 0.2) is 48.6 Å². The molecule has 2 heterocycles. The zero-order chi connectivity index (χ0) is 34.3. The summed E-state index contributed by atoms with van der Waals surface area (Å²) in [6, 6.07) is 11.1. The zero-order valence-corrected chi connectivity index (χ0v) is 29.7. The summed E-state index contributed by atoms with van der Waals surface area (Å²) in [4.78, 5) is 27.5. The third kappa shape index (κ3) is 9.03. The Kier molecular flexibility index (Phi) is 12.3. The summed E-state index contributed by atoms with van der Waals surface area (Å²) in [6.45, 7) is 7.99. The number of carbonyl (C=O) groups excluding carboxylic acids is 2. The number of sulfonamides is 1. The number of hydrogen-bond donors (Lipinski definition) is 2. The Hall–Kier alpha value is -3.28. The minimum Gasteiger partial charge on any atom is -0.487 e. The van der Waals surface area contributed by atoms with Crippen LogP contribution in [0.25, 0.3) is 0 Å². The number of nitrogens with one attached hydrogen (secondary N) is 2. The third-order valence-corrected chi connectivity index (χ3v) is 12.1. The predicted molar refractivity (Wildman–Crippen MR) is 187 cm³/mol. The van der Waals surface area contributed by atoms with Gasteiger partial charge in [0, 0.05) is 30.2 Å². The van der Waals surface area contributed by atoms with Crippen LogP contribution in [0.2, 0.25) is 5.02 Å². The van der Waals surface area contributed by atoms with Crippen LogP contribution in [0.5, 0.6) is 5.75 Å². The summed E-state index contributed by atoms with van der Waals surface area (Å²) >= 11 is 6.34. The lowest BCUT2D eigenvalue weighted by Crippen LogP contribution is -2.45. The molecule has 0 aromatic heterocycles. The monoisotopic (exact) mass is 701 g/mol. The molecular formula is C36H48ClN3O7S. The number of nitrogens with zero attached hydrogens (tertiary/aromatic N) is 1. The Morgan fingerprint density at radius 3 is 2.73 bits per heavy atom. The Balaban J connectivity index is 1.47. The maximum Gasteiger partial charge on any atom is 0.407 e. The van der Waals surface area contributed by atoms with E-state index < -0.39 is 27.3 Å². The van der Waals surface area contributed by atoms with Gasteiger partial charge < -0.3 is 24.4 Å². The number of amides is 2. The van der Waals surface area contributed by atoms with Crippen LogP contribution in [0.3, 0.4) is 0 Å². The minimum atomic E-state index is -3.96. The van der Waals surface area contributed by atoms with Gasteiger partial charge in [-0.3, -0.25) is 4.79 Å². The SMILES string of the molecule is CCOC(=O)NCCO[C@H]1/C=C/C[C@H](C)[C@@H](C)S(=O)(=O)NC(=O)c2ccc3c(c2)N(CCCCc2cc(Cl)ccc2CO3)C[C@@H]2CC[C@H]21. The van der Waals surface area contributed by atoms with Crippen LogP contribution >= 0.6 is 11.6 Å². The molecule has 262 valence electrons. The van der Waals surface area contributed by atoms with Crippen molar-refractivity contribution in [2.24, 2.45) is 17.8 Å². The van der Waals surface area contributed by atoms with Crippen molar-refractivity contribution in [3.8, 4) is 5.75 Å². The molecule has 5 rings (SSSR count). The number of fused-ring (bicyclic) bond motifs is 3. The molecule has 2 amide bonds. The molecule has 1 fully saturated rings. The number of alkyl carbamates (subject to hydrolysis) is 1. The first kappa shape index (κ1) is 36.0. The molecule has 48 heavy (non-hydrogen) atoms. The number of allylic oxidation sites excluding steroid dienone is 1. The molecular weight excluding hydrogens is 654 g/mol. The summed E-state index contributed by atoms with van der Waals surface area (Å²) in [5.41, 5.74) is 3.26. The van der Waals surface area contributed by atoms with Crippen molar-refractivity contribution in [1.29, 1.82) is 0 Å². The molecule has 0 unspecified atom stereocenters. The Labute approximate surface area is 289 Å². The molecule has 2 aromatic carbocycles. The van der Waals surface area contributed by atoms with E-state index in [4.69, 9.17) is 25.8 Å². The van der Waals surface area contributed by atoms with E-state index >= 15 is 0 Å². The number of rotatable bonds is 5.